The number of carbonyl (C=O) groups is 2. The Labute approximate surface area is 167 Å². The van der Waals surface area contributed by atoms with E-state index in [1.165, 1.54) is 32.2 Å². The number of nitro benzene ring substituents is 1. The summed E-state index contributed by atoms with van der Waals surface area (Å²) in [6.45, 7) is 5.28. The van der Waals surface area contributed by atoms with Crippen molar-refractivity contribution in [2.75, 3.05) is 12.4 Å². The molecule has 154 valence electrons. The Morgan fingerprint density at radius 2 is 1.97 bits per heavy atom. The fourth-order valence-corrected chi connectivity index (χ4v) is 3.29. The van der Waals surface area contributed by atoms with Gasteiger partial charge in [0.2, 0.25) is 0 Å². The Morgan fingerprint density at radius 3 is 2.55 bits per heavy atom. The highest BCUT2D eigenvalue weighted by Gasteiger charge is 2.30. The van der Waals surface area contributed by atoms with Gasteiger partial charge in [-0.05, 0) is 45.7 Å². The third-order valence-electron chi connectivity index (χ3n) is 4.92. The van der Waals surface area contributed by atoms with Crippen LogP contribution in [-0.4, -0.2) is 34.6 Å². The first-order chi connectivity index (χ1) is 13.7. The van der Waals surface area contributed by atoms with Crippen molar-refractivity contribution in [2.24, 2.45) is 0 Å². The van der Waals surface area contributed by atoms with E-state index in [1.807, 2.05) is 13.8 Å². The first kappa shape index (κ1) is 20.4. The molecule has 1 aliphatic carbocycles. The smallest absolute Gasteiger partial charge is 0.340 e. The van der Waals surface area contributed by atoms with Gasteiger partial charge in [-0.3, -0.25) is 14.9 Å². The summed E-state index contributed by atoms with van der Waals surface area (Å²) < 4.78 is 12.6. The summed E-state index contributed by atoms with van der Waals surface area (Å²) in [5, 5.41) is 13.4. The molecule has 1 fully saturated rings. The lowest BCUT2D eigenvalue weighted by Gasteiger charge is -2.15. The van der Waals surface area contributed by atoms with Crippen LogP contribution in [0.2, 0.25) is 0 Å². The first-order valence-electron chi connectivity index (χ1n) is 9.25. The van der Waals surface area contributed by atoms with Gasteiger partial charge in [0.05, 0.1) is 29.4 Å². The van der Waals surface area contributed by atoms with E-state index in [2.05, 4.69) is 9.88 Å². The molecule has 1 amide bonds. The molecule has 0 bridgehead atoms. The monoisotopic (exact) mass is 401 g/mol. The van der Waals surface area contributed by atoms with Crippen LogP contribution >= 0.6 is 0 Å². The van der Waals surface area contributed by atoms with Crippen LogP contribution < -0.4 is 10.1 Å². The summed E-state index contributed by atoms with van der Waals surface area (Å²) in [7, 11) is 1.34. The normalized spacial score (nSPS) is 14.2. The summed E-state index contributed by atoms with van der Waals surface area (Å²) >= 11 is 0. The first-order valence-corrected chi connectivity index (χ1v) is 9.25. The van der Waals surface area contributed by atoms with Gasteiger partial charge in [0.1, 0.15) is 5.75 Å². The van der Waals surface area contributed by atoms with Gasteiger partial charge in [0.25, 0.3) is 11.6 Å². The van der Waals surface area contributed by atoms with E-state index >= 15 is 0 Å². The van der Waals surface area contributed by atoms with Crippen molar-refractivity contribution in [3.8, 4) is 5.75 Å². The molecular formula is C20H23N3O6. The number of nitrogens with one attached hydrogen (secondary N) is 1. The van der Waals surface area contributed by atoms with Gasteiger partial charge in [-0.25, -0.2) is 4.79 Å². The van der Waals surface area contributed by atoms with E-state index in [1.54, 1.807) is 6.07 Å². The summed E-state index contributed by atoms with van der Waals surface area (Å²) in [5.74, 6) is -0.996. The van der Waals surface area contributed by atoms with Gasteiger partial charge in [0, 0.05) is 23.5 Å². The van der Waals surface area contributed by atoms with Crippen molar-refractivity contribution in [3.63, 3.8) is 0 Å². The molecule has 1 heterocycles. The Balaban J connectivity index is 1.69. The molecule has 1 aliphatic rings. The molecule has 1 atom stereocenters. The second-order valence-corrected chi connectivity index (χ2v) is 7.06. The molecule has 2 aromatic rings. The molecule has 0 spiro atoms. The van der Waals surface area contributed by atoms with Crippen molar-refractivity contribution in [1.82, 2.24) is 4.57 Å². The minimum absolute atomic E-state index is 0.138. The van der Waals surface area contributed by atoms with Crippen LogP contribution in [0.5, 0.6) is 5.75 Å². The summed E-state index contributed by atoms with van der Waals surface area (Å²) in [4.78, 5) is 35.3. The number of benzene rings is 1. The minimum Gasteiger partial charge on any atom is -0.494 e. The number of esters is 1. The highest BCUT2D eigenvalue weighted by molar-refractivity contribution is 5.98. The number of ether oxygens (including phenoxy) is 2. The number of aryl methyl sites for hydroxylation is 1. The van der Waals surface area contributed by atoms with Crippen LogP contribution in [0.25, 0.3) is 0 Å². The van der Waals surface area contributed by atoms with Gasteiger partial charge in [-0.2, -0.15) is 0 Å². The third kappa shape index (κ3) is 4.23. The van der Waals surface area contributed by atoms with E-state index in [9.17, 15) is 19.7 Å². The zero-order chi connectivity index (χ0) is 21.3. The average Bonchev–Trinajstić information content (AvgIpc) is 3.46. The van der Waals surface area contributed by atoms with Crippen molar-refractivity contribution in [3.05, 3.63) is 51.3 Å². The molecule has 0 unspecified atom stereocenters. The maximum absolute atomic E-state index is 12.6. The number of anilines is 1. The van der Waals surface area contributed by atoms with Crippen LogP contribution in [0.1, 0.15) is 47.6 Å². The standard InChI is InChI=1S/C20H23N3O6/c1-11-9-16(12(2)22(11)14-5-6-14)20(25)29-13(3)19(24)21-17-8-7-15(23(26)27)10-18(17)28-4/h7-10,13-14H,5-6H2,1-4H3,(H,21,24)/t13-/m0/s1. The van der Waals surface area contributed by atoms with Crippen LogP contribution in [0.3, 0.4) is 0 Å². The van der Waals surface area contributed by atoms with E-state index in [4.69, 9.17) is 9.47 Å². The molecule has 1 N–H and O–H groups in total. The van der Waals surface area contributed by atoms with Crippen molar-refractivity contribution in [2.45, 2.75) is 45.8 Å². The largest absolute Gasteiger partial charge is 0.494 e. The number of nitro groups is 1. The van der Waals surface area contributed by atoms with E-state index in [0.29, 0.717) is 11.6 Å². The Morgan fingerprint density at radius 1 is 1.28 bits per heavy atom. The summed E-state index contributed by atoms with van der Waals surface area (Å²) in [6.07, 6.45) is 1.13. The molecule has 29 heavy (non-hydrogen) atoms. The zero-order valence-electron chi connectivity index (χ0n) is 16.7. The second-order valence-electron chi connectivity index (χ2n) is 7.06. The van der Waals surface area contributed by atoms with Crippen LogP contribution in [0.15, 0.2) is 24.3 Å². The second kappa shape index (κ2) is 7.94. The summed E-state index contributed by atoms with van der Waals surface area (Å²) in [5.41, 5.74) is 2.36. The lowest BCUT2D eigenvalue weighted by molar-refractivity contribution is -0.384. The van der Waals surface area contributed by atoms with Crippen LogP contribution in [0, 0.1) is 24.0 Å². The fourth-order valence-electron chi connectivity index (χ4n) is 3.29. The van der Waals surface area contributed by atoms with E-state index in [0.717, 1.165) is 24.2 Å². The van der Waals surface area contributed by atoms with Gasteiger partial charge >= 0.3 is 5.97 Å². The topological polar surface area (TPSA) is 113 Å². The molecule has 1 aromatic carbocycles. The van der Waals surface area contributed by atoms with Crippen molar-refractivity contribution in [1.29, 1.82) is 0 Å². The minimum atomic E-state index is -1.06. The molecule has 0 aliphatic heterocycles. The maximum atomic E-state index is 12.6. The van der Waals surface area contributed by atoms with Crippen molar-refractivity contribution < 1.29 is 24.0 Å². The van der Waals surface area contributed by atoms with E-state index in [-0.39, 0.29) is 17.1 Å². The van der Waals surface area contributed by atoms with Gasteiger partial charge in [-0.15, -0.1) is 0 Å². The number of nitrogens with zero attached hydrogens (tertiary/aromatic N) is 2. The van der Waals surface area contributed by atoms with Crippen LogP contribution in [-0.2, 0) is 9.53 Å². The maximum Gasteiger partial charge on any atom is 0.340 e. The fraction of sp³-hybridized carbons (Fsp3) is 0.400. The Bertz CT molecular complexity index is 977. The predicted molar refractivity (Wildman–Crippen MR) is 105 cm³/mol. The predicted octanol–water partition coefficient (Wildman–Crippen LogP) is 3.54. The van der Waals surface area contributed by atoms with Crippen LogP contribution in [0.4, 0.5) is 11.4 Å². The lowest BCUT2D eigenvalue weighted by atomic mass is 10.2. The number of rotatable bonds is 7. The zero-order valence-corrected chi connectivity index (χ0v) is 16.7. The summed E-state index contributed by atoms with van der Waals surface area (Å²) in [6, 6.07) is 6.04. The Kier molecular flexibility index (Phi) is 5.58. The number of methoxy groups -OCH3 is 1. The highest BCUT2D eigenvalue weighted by atomic mass is 16.6. The molecule has 1 aromatic heterocycles. The van der Waals surface area contributed by atoms with Gasteiger partial charge in [-0.1, -0.05) is 0 Å². The number of hydrogen-bond donors (Lipinski definition) is 1. The number of aromatic nitrogens is 1. The van der Waals surface area contributed by atoms with Gasteiger partial charge in [0.15, 0.2) is 6.10 Å². The van der Waals surface area contributed by atoms with Crippen molar-refractivity contribution >= 4 is 23.3 Å². The number of hydrogen-bond acceptors (Lipinski definition) is 6. The SMILES string of the molecule is COc1cc([N+](=O)[O-])ccc1NC(=O)[C@H](C)OC(=O)c1cc(C)n(C2CC2)c1C. The molecule has 0 radical (unpaired) electrons. The average molecular weight is 401 g/mol. The number of non-ortho nitro benzene ring substituents is 1. The quantitative estimate of drug-likeness (QED) is 0.431. The molecule has 9 nitrogen and oxygen atoms in total. The van der Waals surface area contributed by atoms with Gasteiger partial charge < -0.3 is 19.4 Å². The molecule has 1 saturated carbocycles. The third-order valence-corrected chi connectivity index (χ3v) is 4.92. The molecule has 0 saturated heterocycles. The lowest BCUT2D eigenvalue weighted by Crippen LogP contribution is -2.30. The molecule has 9 heteroatoms. The molecular weight excluding hydrogens is 378 g/mol. The Hall–Kier alpha value is -3.36. The molecule has 3 rings (SSSR count). The number of amides is 1. The number of carbonyl (C=O) groups excluding carboxylic acids is 2. The van der Waals surface area contributed by atoms with E-state index < -0.39 is 22.9 Å². The highest BCUT2D eigenvalue weighted by Crippen LogP contribution is 2.38.